The summed E-state index contributed by atoms with van der Waals surface area (Å²) in [5, 5.41) is 0. The molecule has 2 fully saturated rings. The van der Waals surface area contributed by atoms with Crippen LogP contribution in [0.5, 0.6) is 0 Å². The third-order valence-corrected chi connectivity index (χ3v) is 5.88. The molecule has 130 valence electrons. The number of ether oxygens (including phenoxy) is 1. The third kappa shape index (κ3) is 3.61. The van der Waals surface area contributed by atoms with Crippen molar-refractivity contribution in [2.45, 2.75) is 58.3 Å². The molecule has 23 heavy (non-hydrogen) atoms. The van der Waals surface area contributed by atoms with Crippen LogP contribution in [0.4, 0.5) is 0 Å². The summed E-state index contributed by atoms with van der Waals surface area (Å²) in [6, 6.07) is 0. The molecule has 1 aliphatic carbocycles. The van der Waals surface area contributed by atoms with Crippen molar-refractivity contribution in [2.24, 2.45) is 17.3 Å². The molecular weight excluding hydrogens is 290 g/mol. The molecule has 4 heteroatoms. The van der Waals surface area contributed by atoms with Crippen LogP contribution in [0.15, 0.2) is 12.7 Å². The number of esters is 1. The number of unbranched alkanes of at least 4 members (excludes halogenated alkanes) is 1. The van der Waals surface area contributed by atoms with Gasteiger partial charge in [-0.15, -0.1) is 6.58 Å². The highest BCUT2D eigenvalue weighted by Crippen LogP contribution is 2.51. The molecule has 0 aromatic heterocycles. The zero-order valence-corrected chi connectivity index (χ0v) is 14.7. The van der Waals surface area contributed by atoms with Crippen LogP contribution in [0, 0.1) is 17.3 Å². The maximum Gasteiger partial charge on any atom is 0.312 e. The number of likely N-dealkylation sites (tertiary alicyclic amines) is 1. The third-order valence-electron chi connectivity index (χ3n) is 5.88. The Bertz CT molecular complexity index is 442. The van der Waals surface area contributed by atoms with E-state index < -0.39 is 5.41 Å². The Morgan fingerprint density at radius 3 is 2.65 bits per heavy atom. The summed E-state index contributed by atoms with van der Waals surface area (Å²) in [7, 11) is 1.47. The average Bonchev–Trinajstić information content (AvgIpc) is 3.23. The number of hydrogen-bond donors (Lipinski definition) is 0. The highest BCUT2D eigenvalue weighted by Gasteiger charge is 2.52. The lowest BCUT2D eigenvalue weighted by Crippen LogP contribution is -2.44. The Morgan fingerprint density at radius 1 is 1.35 bits per heavy atom. The number of allylic oxidation sites excluding steroid dienone is 1. The van der Waals surface area contributed by atoms with Gasteiger partial charge >= 0.3 is 5.97 Å². The second kappa shape index (κ2) is 7.98. The first-order chi connectivity index (χ1) is 11.1. The Morgan fingerprint density at radius 2 is 2.04 bits per heavy atom. The van der Waals surface area contributed by atoms with Gasteiger partial charge in [0.2, 0.25) is 5.91 Å². The Labute approximate surface area is 140 Å². The van der Waals surface area contributed by atoms with Crippen LogP contribution in [0.25, 0.3) is 0 Å². The van der Waals surface area contributed by atoms with Gasteiger partial charge < -0.3 is 9.64 Å². The zero-order chi connectivity index (χ0) is 16.9. The van der Waals surface area contributed by atoms with Crippen molar-refractivity contribution < 1.29 is 14.3 Å². The molecule has 0 aromatic carbocycles. The predicted molar refractivity (Wildman–Crippen MR) is 90.8 cm³/mol. The molecule has 4 nitrogen and oxygen atoms in total. The van der Waals surface area contributed by atoms with E-state index in [0.29, 0.717) is 0 Å². The summed E-state index contributed by atoms with van der Waals surface area (Å²) in [5.74, 6) is 0.114. The van der Waals surface area contributed by atoms with Crippen molar-refractivity contribution in [3.8, 4) is 0 Å². The van der Waals surface area contributed by atoms with Crippen molar-refractivity contribution in [1.82, 2.24) is 4.90 Å². The summed E-state index contributed by atoms with van der Waals surface area (Å²) < 4.78 is 5.16. The number of nitrogens with zero attached hydrogens (tertiary/aromatic N) is 1. The SMILES string of the molecule is C=CCCC[C@]1(C(=O)OC)CCC[C@H]1[C@H](C)C(=O)N1CCCC1. The standard InChI is InChI=1S/C19H31NO3/c1-4-5-6-11-19(18(22)23-3)12-9-10-16(19)15(2)17(21)20-13-7-8-14-20/h4,15-16H,1,5-14H2,2-3H3/t15-,16-,19-/m0/s1. The van der Waals surface area contributed by atoms with Gasteiger partial charge in [0.05, 0.1) is 12.5 Å². The summed E-state index contributed by atoms with van der Waals surface area (Å²) >= 11 is 0. The largest absolute Gasteiger partial charge is 0.469 e. The molecule has 1 aliphatic heterocycles. The van der Waals surface area contributed by atoms with Gasteiger partial charge in [0.25, 0.3) is 0 Å². The van der Waals surface area contributed by atoms with Gasteiger partial charge in [0.1, 0.15) is 0 Å². The molecule has 2 rings (SSSR count). The van der Waals surface area contributed by atoms with E-state index >= 15 is 0 Å². The van der Waals surface area contributed by atoms with Gasteiger partial charge in [-0.25, -0.2) is 0 Å². The fourth-order valence-electron chi connectivity index (χ4n) is 4.66. The number of carbonyl (C=O) groups excluding carboxylic acids is 2. The zero-order valence-electron chi connectivity index (χ0n) is 14.7. The Balaban J connectivity index is 2.16. The van der Waals surface area contributed by atoms with E-state index in [1.54, 1.807) is 0 Å². The normalized spacial score (nSPS) is 28.6. The first-order valence-electron chi connectivity index (χ1n) is 9.05. The van der Waals surface area contributed by atoms with Gasteiger partial charge in [-0.1, -0.05) is 19.4 Å². The van der Waals surface area contributed by atoms with Gasteiger partial charge in [-0.2, -0.15) is 0 Å². The number of carbonyl (C=O) groups is 2. The fourth-order valence-corrected chi connectivity index (χ4v) is 4.66. The van der Waals surface area contributed by atoms with Gasteiger partial charge in [-0.05, 0) is 50.9 Å². The summed E-state index contributed by atoms with van der Waals surface area (Å²) in [6.45, 7) is 7.53. The van der Waals surface area contributed by atoms with Crippen LogP contribution in [0.3, 0.4) is 0 Å². The molecule has 0 radical (unpaired) electrons. The lowest BCUT2D eigenvalue weighted by molar-refractivity contribution is -0.158. The van der Waals surface area contributed by atoms with Crippen molar-refractivity contribution >= 4 is 11.9 Å². The van der Waals surface area contributed by atoms with Gasteiger partial charge in [0, 0.05) is 19.0 Å². The molecular formula is C19H31NO3. The summed E-state index contributed by atoms with van der Waals surface area (Å²) in [6.07, 6.45) is 9.53. The molecule has 1 saturated carbocycles. The lowest BCUT2D eigenvalue weighted by atomic mass is 9.68. The van der Waals surface area contributed by atoms with E-state index in [1.165, 1.54) is 7.11 Å². The average molecular weight is 321 g/mol. The topological polar surface area (TPSA) is 46.6 Å². The fraction of sp³-hybridized carbons (Fsp3) is 0.789. The van der Waals surface area contributed by atoms with Gasteiger partial charge in [-0.3, -0.25) is 9.59 Å². The van der Waals surface area contributed by atoms with Crippen LogP contribution in [0.1, 0.15) is 58.3 Å². The van der Waals surface area contributed by atoms with E-state index in [9.17, 15) is 9.59 Å². The van der Waals surface area contributed by atoms with Crippen LogP contribution in [0.2, 0.25) is 0 Å². The molecule has 0 spiro atoms. The van der Waals surface area contributed by atoms with Crippen LogP contribution < -0.4 is 0 Å². The molecule has 2 aliphatic rings. The van der Waals surface area contributed by atoms with E-state index in [-0.39, 0.29) is 23.7 Å². The maximum absolute atomic E-state index is 12.8. The highest BCUT2D eigenvalue weighted by atomic mass is 16.5. The Kier molecular flexibility index (Phi) is 6.25. The first kappa shape index (κ1) is 18.0. The van der Waals surface area contributed by atoms with Crippen molar-refractivity contribution in [3.05, 3.63) is 12.7 Å². The first-order valence-corrected chi connectivity index (χ1v) is 9.05. The number of hydrogen-bond acceptors (Lipinski definition) is 3. The van der Waals surface area contributed by atoms with Crippen LogP contribution in [-0.2, 0) is 14.3 Å². The molecule has 1 amide bonds. The van der Waals surface area contributed by atoms with Gasteiger partial charge in [0.15, 0.2) is 0 Å². The molecule has 0 N–H and O–H groups in total. The quantitative estimate of drug-likeness (QED) is 0.409. The molecule has 0 bridgehead atoms. The van der Waals surface area contributed by atoms with E-state index in [2.05, 4.69) is 6.58 Å². The summed E-state index contributed by atoms with van der Waals surface area (Å²) in [5.41, 5.74) is -0.480. The minimum Gasteiger partial charge on any atom is -0.469 e. The minimum atomic E-state index is -0.480. The second-order valence-electron chi connectivity index (χ2n) is 7.15. The number of methoxy groups -OCH3 is 1. The van der Waals surface area contributed by atoms with Crippen molar-refractivity contribution in [1.29, 1.82) is 0 Å². The predicted octanol–water partition coefficient (Wildman–Crippen LogP) is 3.56. The molecule has 3 atom stereocenters. The van der Waals surface area contributed by atoms with Crippen molar-refractivity contribution in [2.75, 3.05) is 20.2 Å². The smallest absolute Gasteiger partial charge is 0.312 e. The summed E-state index contributed by atoms with van der Waals surface area (Å²) in [4.78, 5) is 27.4. The number of rotatable bonds is 7. The number of amides is 1. The molecule has 0 aromatic rings. The molecule has 1 heterocycles. The molecule has 1 saturated heterocycles. The highest BCUT2D eigenvalue weighted by molar-refractivity contribution is 5.82. The van der Waals surface area contributed by atoms with Crippen LogP contribution in [-0.4, -0.2) is 37.0 Å². The van der Waals surface area contributed by atoms with E-state index in [4.69, 9.17) is 4.74 Å². The van der Waals surface area contributed by atoms with E-state index in [1.807, 2.05) is 17.9 Å². The lowest BCUT2D eigenvalue weighted by Gasteiger charge is -2.37. The van der Waals surface area contributed by atoms with Crippen molar-refractivity contribution in [3.63, 3.8) is 0 Å². The monoisotopic (exact) mass is 321 g/mol. The van der Waals surface area contributed by atoms with E-state index in [0.717, 1.165) is 64.5 Å². The van der Waals surface area contributed by atoms with Crippen LogP contribution >= 0.6 is 0 Å². The second-order valence-corrected chi connectivity index (χ2v) is 7.15. The maximum atomic E-state index is 12.8. The molecule has 0 unspecified atom stereocenters. The minimum absolute atomic E-state index is 0.0987. The Hall–Kier alpha value is -1.32.